The third-order valence-electron chi connectivity index (χ3n) is 4.43. The lowest BCUT2D eigenvalue weighted by Crippen LogP contribution is -2.37. The fourth-order valence-corrected chi connectivity index (χ4v) is 2.94. The molecular weight excluding hydrogens is 344 g/mol. The van der Waals surface area contributed by atoms with Crippen LogP contribution >= 0.6 is 0 Å². The number of aromatic amines is 1. The fraction of sp³-hybridized carbons (Fsp3) is 0.263. The van der Waals surface area contributed by atoms with Crippen LogP contribution in [0.25, 0.3) is 11.3 Å². The highest BCUT2D eigenvalue weighted by molar-refractivity contribution is 5.94. The molecule has 1 aromatic carbocycles. The molecule has 0 saturated carbocycles. The summed E-state index contributed by atoms with van der Waals surface area (Å²) < 4.78 is 5.36. The van der Waals surface area contributed by atoms with E-state index in [1.165, 1.54) is 6.33 Å². The molecule has 3 aromatic rings. The second kappa shape index (κ2) is 7.96. The number of aromatic nitrogens is 4. The topological polar surface area (TPSA) is 96.0 Å². The predicted octanol–water partition coefficient (Wildman–Crippen LogP) is 1.63. The van der Waals surface area contributed by atoms with Crippen molar-refractivity contribution in [3.63, 3.8) is 0 Å². The van der Waals surface area contributed by atoms with Gasteiger partial charge in [-0.15, -0.1) is 0 Å². The number of rotatable bonds is 5. The molecule has 0 aliphatic carbocycles. The number of nitrogens with zero attached hydrogens (tertiary/aromatic N) is 4. The quantitative estimate of drug-likeness (QED) is 0.714. The summed E-state index contributed by atoms with van der Waals surface area (Å²) in [4.78, 5) is 23.1. The summed E-state index contributed by atoms with van der Waals surface area (Å²) in [7, 11) is 0. The van der Waals surface area contributed by atoms with Gasteiger partial charge in [-0.1, -0.05) is 12.1 Å². The molecule has 0 spiro atoms. The van der Waals surface area contributed by atoms with Gasteiger partial charge in [-0.25, -0.2) is 9.97 Å². The monoisotopic (exact) mass is 364 g/mol. The molecule has 3 heterocycles. The van der Waals surface area contributed by atoms with Crippen molar-refractivity contribution in [1.29, 1.82) is 0 Å². The van der Waals surface area contributed by atoms with Crippen molar-refractivity contribution in [3.05, 3.63) is 60.2 Å². The Morgan fingerprint density at radius 2 is 1.96 bits per heavy atom. The van der Waals surface area contributed by atoms with Crippen LogP contribution < -0.4 is 10.2 Å². The van der Waals surface area contributed by atoms with Crippen LogP contribution in [0.2, 0.25) is 0 Å². The number of hydrogen-bond acceptors (Lipinski definition) is 6. The lowest BCUT2D eigenvalue weighted by molar-refractivity contribution is 0.0950. The molecule has 2 aromatic heterocycles. The van der Waals surface area contributed by atoms with Crippen LogP contribution in [-0.2, 0) is 11.3 Å². The van der Waals surface area contributed by atoms with Crippen molar-refractivity contribution >= 4 is 11.7 Å². The first kappa shape index (κ1) is 17.2. The zero-order chi connectivity index (χ0) is 18.5. The number of carbonyl (C=O) groups excluding carboxylic acids is 1. The van der Waals surface area contributed by atoms with E-state index in [0.29, 0.717) is 25.3 Å². The Kier molecular flexibility index (Phi) is 5.06. The van der Waals surface area contributed by atoms with Gasteiger partial charge in [0.05, 0.1) is 31.1 Å². The zero-order valence-electron chi connectivity index (χ0n) is 14.8. The maximum atomic E-state index is 12.4. The first-order valence-corrected chi connectivity index (χ1v) is 8.81. The molecule has 1 aliphatic rings. The van der Waals surface area contributed by atoms with Gasteiger partial charge in [0, 0.05) is 30.9 Å². The van der Waals surface area contributed by atoms with E-state index < -0.39 is 0 Å². The Bertz CT molecular complexity index is 889. The zero-order valence-corrected chi connectivity index (χ0v) is 14.8. The van der Waals surface area contributed by atoms with E-state index >= 15 is 0 Å². The highest BCUT2D eigenvalue weighted by atomic mass is 16.5. The van der Waals surface area contributed by atoms with E-state index in [9.17, 15) is 4.79 Å². The normalized spacial score (nSPS) is 14.1. The molecule has 4 rings (SSSR count). The number of hydrogen-bond donors (Lipinski definition) is 2. The van der Waals surface area contributed by atoms with Gasteiger partial charge in [0.25, 0.3) is 5.91 Å². The van der Waals surface area contributed by atoms with E-state index in [0.717, 1.165) is 35.9 Å². The minimum atomic E-state index is -0.141. The van der Waals surface area contributed by atoms with Crippen molar-refractivity contribution in [3.8, 4) is 11.3 Å². The van der Waals surface area contributed by atoms with Crippen LogP contribution in [0.15, 0.2) is 48.9 Å². The van der Waals surface area contributed by atoms with Gasteiger partial charge in [0.2, 0.25) is 0 Å². The van der Waals surface area contributed by atoms with E-state index in [1.807, 2.05) is 24.3 Å². The minimum Gasteiger partial charge on any atom is -0.378 e. The molecule has 27 heavy (non-hydrogen) atoms. The molecule has 1 aliphatic heterocycles. The molecule has 138 valence electrons. The summed E-state index contributed by atoms with van der Waals surface area (Å²) in [6.45, 7) is 3.37. The summed E-state index contributed by atoms with van der Waals surface area (Å²) in [5, 5.41) is 9.74. The van der Waals surface area contributed by atoms with E-state index in [-0.39, 0.29) is 5.91 Å². The molecule has 1 saturated heterocycles. The highest BCUT2D eigenvalue weighted by Gasteiger charge is 2.13. The number of amides is 1. The molecule has 0 unspecified atom stereocenters. The van der Waals surface area contributed by atoms with Gasteiger partial charge in [-0.05, 0) is 23.8 Å². The van der Waals surface area contributed by atoms with Crippen molar-refractivity contribution < 1.29 is 9.53 Å². The van der Waals surface area contributed by atoms with Gasteiger partial charge in [-0.2, -0.15) is 5.10 Å². The first-order valence-electron chi connectivity index (χ1n) is 8.81. The number of carbonyl (C=O) groups is 1. The van der Waals surface area contributed by atoms with Gasteiger partial charge >= 0.3 is 0 Å². The highest BCUT2D eigenvalue weighted by Crippen LogP contribution is 2.17. The molecule has 2 N–H and O–H groups in total. The number of anilines is 1. The van der Waals surface area contributed by atoms with E-state index in [4.69, 9.17) is 4.74 Å². The maximum absolute atomic E-state index is 12.4. The third-order valence-corrected chi connectivity index (χ3v) is 4.43. The number of morpholine rings is 1. The van der Waals surface area contributed by atoms with Crippen LogP contribution in [0.5, 0.6) is 0 Å². The molecular formula is C19H20N6O2. The minimum absolute atomic E-state index is 0.141. The Morgan fingerprint density at radius 3 is 2.70 bits per heavy atom. The second-order valence-corrected chi connectivity index (χ2v) is 6.20. The van der Waals surface area contributed by atoms with Crippen LogP contribution in [0.4, 0.5) is 5.82 Å². The van der Waals surface area contributed by atoms with Crippen LogP contribution in [0.1, 0.15) is 16.1 Å². The fourth-order valence-electron chi connectivity index (χ4n) is 2.94. The smallest absolute Gasteiger partial charge is 0.251 e. The van der Waals surface area contributed by atoms with Crippen molar-refractivity contribution in [1.82, 2.24) is 25.5 Å². The van der Waals surface area contributed by atoms with Gasteiger partial charge in [-0.3, -0.25) is 9.89 Å². The molecule has 0 atom stereocenters. The van der Waals surface area contributed by atoms with Crippen LogP contribution in [0.3, 0.4) is 0 Å². The van der Waals surface area contributed by atoms with Gasteiger partial charge < -0.3 is 15.0 Å². The standard InChI is InChI=1S/C19H20N6O2/c26-19(15-3-1-14(2-4-15)17-5-6-23-24-17)20-12-16-11-18(22-13-21-16)25-7-9-27-10-8-25/h1-6,11,13H,7-10,12H2,(H,20,26)(H,23,24). The van der Waals surface area contributed by atoms with Gasteiger partial charge in [0.1, 0.15) is 12.1 Å². The Balaban J connectivity index is 1.37. The van der Waals surface area contributed by atoms with Crippen molar-refractivity contribution in [2.24, 2.45) is 0 Å². The number of nitrogens with one attached hydrogen (secondary N) is 2. The molecule has 1 fully saturated rings. The van der Waals surface area contributed by atoms with Crippen molar-refractivity contribution in [2.45, 2.75) is 6.54 Å². The number of ether oxygens (including phenoxy) is 1. The number of benzene rings is 1. The SMILES string of the molecule is O=C(NCc1cc(N2CCOCC2)ncn1)c1ccc(-c2ccn[nH]2)cc1. The lowest BCUT2D eigenvalue weighted by atomic mass is 10.1. The van der Waals surface area contributed by atoms with Crippen LogP contribution in [-0.4, -0.2) is 52.4 Å². The van der Waals surface area contributed by atoms with Crippen LogP contribution in [0, 0.1) is 0 Å². The molecule has 8 heteroatoms. The predicted molar refractivity (Wildman–Crippen MR) is 100 cm³/mol. The van der Waals surface area contributed by atoms with E-state index in [1.54, 1.807) is 18.3 Å². The average Bonchev–Trinajstić information content (AvgIpc) is 3.28. The largest absolute Gasteiger partial charge is 0.378 e. The summed E-state index contributed by atoms with van der Waals surface area (Å²) in [6.07, 6.45) is 3.23. The Hall–Kier alpha value is -3.26. The molecule has 8 nitrogen and oxygen atoms in total. The molecule has 0 bridgehead atoms. The first-order chi connectivity index (χ1) is 13.3. The molecule has 0 radical (unpaired) electrons. The number of H-pyrrole nitrogens is 1. The average molecular weight is 364 g/mol. The Morgan fingerprint density at radius 1 is 1.15 bits per heavy atom. The summed E-state index contributed by atoms with van der Waals surface area (Å²) in [5.41, 5.74) is 3.27. The lowest BCUT2D eigenvalue weighted by Gasteiger charge is -2.27. The molecule has 1 amide bonds. The second-order valence-electron chi connectivity index (χ2n) is 6.20. The van der Waals surface area contributed by atoms with Crippen molar-refractivity contribution in [2.75, 3.05) is 31.2 Å². The maximum Gasteiger partial charge on any atom is 0.251 e. The summed E-state index contributed by atoms with van der Waals surface area (Å²) in [5.74, 6) is 0.721. The van der Waals surface area contributed by atoms with E-state index in [2.05, 4.69) is 30.4 Å². The third kappa shape index (κ3) is 4.12. The Labute approximate surface area is 156 Å². The van der Waals surface area contributed by atoms with Gasteiger partial charge in [0.15, 0.2) is 0 Å². The summed E-state index contributed by atoms with van der Waals surface area (Å²) >= 11 is 0. The summed E-state index contributed by atoms with van der Waals surface area (Å²) in [6, 6.07) is 11.2.